The molecule has 0 saturated carbocycles. The summed E-state index contributed by atoms with van der Waals surface area (Å²) in [7, 11) is 0. The van der Waals surface area contributed by atoms with E-state index in [1.807, 2.05) is 54.3 Å². The van der Waals surface area contributed by atoms with Crippen molar-refractivity contribution in [2.24, 2.45) is 0 Å². The maximum absolute atomic E-state index is 12.6. The number of amides is 1. The minimum atomic E-state index is -0.190. The molecule has 1 unspecified atom stereocenters. The van der Waals surface area contributed by atoms with Crippen molar-refractivity contribution in [3.63, 3.8) is 0 Å². The number of rotatable bonds is 9. The van der Waals surface area contributed by atoms with Crippen LogP contribution in [0.3, 0.4) is 0 Å². The zero-order valence-electron chi connectivity index (χ0n) is 16.9. The van der Waals surface area contributed by atoms with Crippen molar-refractivity contribution in [3.05, 3.63) is 70.0 Å². The van der Waals surface area contributed by atoms with Crippen molar-refractivity contribution in [1.29, 1.82) is 0 Å². The van der Waals surface area contributed by atoms with Crippen LogP contribution >= 0.6 is 23.2 Å². The number of nitrogens with zero attached hydrogens (tertiary/aromatic N) is 3. The Hall–Kier alpha value is -2.41. The van der Waals surface area contributed by atoms with Crippen LogP contribution in [-0.4, -0.2) is 34.1 Å². The second kappa shape index (κ2) is 10.6. The van der Waals surface area contributed by atoms with E-state index >= 15 is 0 Å². The average Bonchev–Trinajstić information content (AvgIpc) is 3.17. The molecule has 3 rings (SSSR count). The van der Waals surface area contributed by atoms with Gasteiger partial charge < -0.3 is 9.73 Å². The van der Waals surface area contributed by atoms with Gasteiger partial charge in [0.25, 0.3) is 0 Å². The summed E-state index contributed by atoms with van der Waals surface area (Å²) in [6.07, 6.45) is 0.888. The fraction of sp³-hybridized carbons (Fsp3) is 0.318. The quantitative estimate of drug-likeness (QED) is 0.492. The first-order valence-electron chi connectivity index (χ1n) is 9.81. The molecule has 1 N–H and O–H groups in total. The highest BCUT2D eigenvalue weighted by Gasteiger charge is 2.18. The number of nitrogens with one attached hydrogen (secondary N) is 1. The van der Waals surface area contributed by atoms with Gasteiger partial charge in [0.15, 0.2) is 0 Å². The van der Waals surface area contributed by atoms with Crippen molar-refractivity contribution in [2.45, 2.75) is 32.9 Å². The van der Waals surface area contributed by atoms with Crippen molar-refractivity contribution in [3.8, 4) is 11.5 Å². The zero-order valence-corrected chi connectivity index (χ0v) is 18.5. The number of carbonyl (C=O) groups is 1. The van der Waals surface area contributed by atoms with Crippen molar-refractivity contribution in [1.82, 2.24) is 20.4 Å². The third-order valence-corrected chi connectivity index (χ3v) is 5.26. The Morgan fingerprint density at radius 2 is 1.80 bits per heavy atom. The lowest BCUT2D eigenvalue weighted by molar-refractivity contribution is -0.123. The van der Waals surface area contributed by atoms with E-state index in [0.717, 1.165) is 18.5 Å². The summed E-state index contributed by atoms with van der Waals surface area (Å²) in [5.41, 5.74) is 1.57. The van der Waals surface area contributed by atoms with E-state index in [1.165, 1.54) is 0 Å². The van der Waals surface area contributed by atoms with E-state index in [0.29, 0.717) is 33.9 Å². The van der Waals surface area contributed by atoms with Crippen LogP contribution in [0, 0.1) is 0 Å². The number of carbonyl (C=O) groups excluding carboxylic acids is 1. The molecule has 30 heavy (non-hydrogen) atoms. The Kier molecular flexibility index (Phi) is 7.85. The molecule has 1 amide bonds. The predicted octanol–water partition coefficient (Wildman–Crippen LogP) is 5.13. The highest BCUT2D eigenvalue weighted by Crippen LogP contribution is 2.26. The molecule has 0 bridgehead atoms. The van der Waals surface area contributed by atoms with Gasteiger partial charge in [0.05, 0.1) is 29.7 Å². The zero-order chi connectivity index (χ0) is 21.5. The molecule has 1 atom stereocenters. The molecule has 0 spiro atoms. The third kappa shape index (κ3) is 5.81. The van der Waals surface area contributed by atoms with Gasteiger partial charge in [-0.15, -0.1) is 10.2 Å². The first kappa shape index (κ1) is 22.3. The molecule has 158 valence electrons. The Bertz CT molecular complexity index is 993. The smallest absolute Gasteiger partial charge is 0.249 e. The summed E-state index contributed by atoms with van der Waals surface area (Å²) in [5.74, 6) is 0.705. The molecule has 0 radical (unpaired) electrons. The first-order valence-corrected chi connectivity index (χ1v) is 10.6. The SMILES string of the molecule is CCCN(CC(=O)NC(C)c1ccccc1Cl)Cc1nnc(-c2ccccc2Cl)o1. The lowest BCUT2D eigenvalue weighted by atomic mass is 10.1. The van der Waals surface area contributed by atoms with Crippen molar-refractivity contribution in [2.75, 3.05) is 13.1 Å². The lowest BCUT2D eigenvalue weighted by Gasteiger charge is -2.21. The Morgan fingerprint density at radius 1 is 1.10 bits per heavy atom. The van der Waals surface area contributed by atoms with Gasteiger partial charge in [0.2, 0.25) is 17.7 Å². The van der Waals surface area contributed by atoms with Gasteiger partial charge in [-0.2, -0.15) is 0 Å². The van der Waals surface area contributed by atoms with Crippen LogP contribution in [0.1, 0.15) is 37.8 Å². The fourth-order valence-electron chi connectivity index (χ4n) is 3.18. The van der Waals surface area contributed by atoms with Crippen LogP contribution in [0.25, 0.3) is 11.5 Å². The van der Waals surface area contributed by atoms with Crippen LogP contribution in [0.15, 0.2) is 52.9 Å². The molecule has 0 saturated heterocycles. The summed E-state index contributed by atoms with van der Waals surface area (Å²) in [4.78, 5) is 14.6. The fourth-order valence-corrected chi connectivity index (χ4v) is 3.69. The average molecular weight is 447 g/mol. The standard InChI is InChI=1S/C22H24Cl2N4O2/c1-3-12-28(13-20(29)25-15(2)16-8-4-6-10-18(16)23)14-21-26-27-22(30-21)17-9-5-7-11-19(17)24/h4-11,15H,3,12-14H2,1-2H3,(H,25,29). The Labute approximate surface area is 186 Å². The molecule has 2 aromatic carbocycles. The van der Waals surface area contributed by atoms with E-state index in [4.69, 9.17) is 27.6 Å². The highest BCUT2D eigenvalue weighted by molar-refractivity contribution is 6.33. The summed E-state index contributed by atoms with van der Waals surface area (Å²) in [5, 5.41) is 12.4. The largest absolute Gasteiger partial charge is 0.419 e. The Morgan fingerprint density at radius 3 is 2.50 bits per heavy atom. The van der Waals surface area contributed by atoms with Gasteiger partial charge in [-0.1, -0.05) is 60.5 Å². The monoisotopic (exact) mass is 446 g/mol. The van der Waals surface area contributed by atoms with Gasteiger partial charge in [-0.05, 0) is 43.7 Å². The third-order valence-electron chi connectivity index (χ3n) is 4.59. The minimum absolute atomic E-state index is 0.0956. The van der Waals surface area contributed by atoms with E-state index in [-0.39, 0.29) is 18.5 Å². The summed E-state index contributed by atoms with van der Waals surface area (Å²) < 4.78 is 5.78. The van der Waals surface area contributed by atoms with Crippen LogP contribution in [0.2, 0.25) is 10.0 Å². The lowest BCUT2D eigenvalue weighted by Crippen LogP contribution is -2.38. The normalized spacial score (nSPS) is 12.2. The molecule has 0 aliphatic carbocycles. The number of halogens is 2. The predicted molar refractivity (Wildman–Crippen MR) is 118 cm³/mol. The molecular formula is C22H24Cl2N4O2. The van der Waals surface area contributed by atoms with Gasteiger partial charge in [0.1, 0.15) is 0 Å². The highest BCUT2D eigenvalue weighted by atomic mass is 35.5. The summed E-state index contributed by atoms with van der Waals surface area (Å²) >= 11 is 12.4. The molecule has 0 fully saturated rings. The number of hydrogen-bond donors (Lipinski definition) is 1. The molecule has 8 heteroatoms. The summed E-state index contributed by atoms with van der Waals surface area (Å²) in [6, 6.07) is 14.6. The molecule has 1 aromatic heterocycles. The van der Waals surface area contributed by atoms with Gasteiger partial charge in [-0.25, -0.2) is 0 Å². The first-order chi connectivity index (χ1) is 14.5. The van der Waals surface area contributed by atoms with E-state index in [1.54, 1.807) is 6.07 Å². The van der Waals surface area contributed by atoms with Crippen molar-refractivity contribution >= 4 is 29.1 Å². The van der Waals surface area contributed by atoms with Crippen LogP contribution in [0.4, 0.5) is 0 Å². The van der Waals surface area contributed by atoms with Crippen LogP contribution in [0.5, 0.6) is 0 Å². The molecule has 0 aliphatic rings. The molecule has 0 aliphatic heterocycles. The maximum Gasteiger partial charge on any atom is 0.249 e. The molecule has 3 aromatic rings. The number of hydrogen-bond acceptors (Lipinski definition) is 5. The van der Waals surface area contributed by atoms with Crippen LogP contribution < -0.4 is 5.32 Å². The molecule has 6 nitrogen and oxygen atoms in total. The second-order valence-corrected chi connectivity index (χ2v) is 7.82. The Balaban J connectivity index is 1.63. The minimum Gasteiger partial charge on any atom is -0.419 e. The van der Waals surface area contributed by atoms with E-state index < -0.39 is 0 Å². The molecular weight excluding hydrogens is 423 g/mol. The second-order valence-electron chi connectivity index (χ2n) is 7.00. The maximum atomic E-state index is 12.6. The molecule has 1 heterocycles. The van der Waals surface area contributed by atoms with Gasteiger partial charge in [-0.3, -0.25) is 9.69 Å². The number of aromatic nitrogens is 2. The van der Waals surface area contributed by atoms with Crippen molar-refractivity contribution < 1.29 is 9.21 Å². The number of benzene rings is 2. The topological polar surface area (TPSA) is 71.3 Å². The van der Waals surface area contributed by atoms with E-state index in [9.17, 15) is 4.79 Å². The van der Waals surface area contributed by atoms with Gasteiger partial charge >= 0.3 is 0 Å². The van der Waals surface area contributed by atoms with Gasteiger partial charge in [0, 0.05) is 5.02 Å². The van der Waals surface area contributed by atoms with E-state index in [2.05, 4.69) is 22.4 Å². The van der Waals surface area contributed by atoms with Crippen LogP contribution in [-0.2, 0) is 11.3 Å². The summed E-state index contributed by atoms with van der Waals surface area (Å²) in [6.45, 7) is 5.28.